The molecule has 0 radical (unpaired) electrons. The minimum Gasteiger partial charge on any atom is -0.355 e. The number of nitrogens with one attached hydrogen (secondary N) is 2. The Bertz CT molecular complexity index is 1180. The summed E-state index contributed by atoms with van der Waals surface area (Å²) in [4.78, 5) is 28.9. The molecule has 4 rings (SSSR count). The highest BCUT2D eigenvalue weighted by atomic mass is 32.2. The van der Waals surface area contributed by atoms with Crippen LogP contribution in [0.1, 0.15) is 29.3 Å². The third kappa shape index (κ3) is 5.23. The van der Waals surface area contributed by atoms with Crippen LogP contribution >= 0.6 is 0 Å². The van der Waals surface area contributed by atoms with Crippen LogP contribution in [-0.4, -0.2) is 75.1 Å². The van der Waals surface area contributed by atoms with E-state index < -0.39 is 10.0 Å². The molecule has 2 aliphatic rings. The van der Waals surface area contributed by atoms with Gasteiger partial charge in [0.15, 0.2) is 5.84 Å². The monoisotopic (exact) mass is 469 g/mol. The highest BCUT2D eigenvalue weighted by Gasteiger charge is 2.28. The average molecular weight is 470 g/mol. The molecule has 0 saturated carbocycles. The number of anilines is 1. The molecule has 0 atom stereocenters. The van der Waals surface area contributed by atoms with Gasteiger partial charge in [-0.1, -0.05) is 12.1 Å². The zero-order valence-electron chi connectivity index (χ0n) is 18.5. The van der Waals surface area contributed by atoms with Crippen molar-refractivity contribution in [1.82, 2.24) is 15.1 Å². The molecule has 174 valence electrons. The normalized spacial score (nSPS) is 17.6. The first-order valence-corrected chi connectivity index (χ1v) is 12.4. The summed E-state index contributed by atoms with van der Waals surface area (Å²) in [5.41, 5.74) is 1.72. The van der Waals surface area contributed by atoms with E-state index in [1.54, 1.807) is 42.5 Å². The van der Waals surface area contributed by atoms with Crippen LogP contribution < -0.4 is 10.6 Å². The molecular formula is C23H27N5O4S. The smallest absolute Gasteiger partial charge is 0.285 e. The molecule has 0 aromatic heterocycles. The van der Waals surface area contributed by atoms with Crippen molar-refractivity contribution in [1.29, 1.82) is 0 Å². The number of nitrogens with zero attached hydrogens (tertiary/aromatic N) is 3. The fourth-order valence-corrected chi connectivity index (χ4v) is 5.18. The molecule has 1 saturated heterocycles. The van der Waals surface area contributed by atoms with Gasteiger partial charge in [-0.2, -0.15) is 8.42 Å². The average Bonchev–Trinajstić information content (AvgIpc) is 2.93. The molecule has 2 aromatic rings. The zero-order valence-corrected chi connectivity index (χ0v) is 19.3. The molecule has 2 amide bonds. The van der Waals surface area contributed by atoms with Crippen LogP contribution in [0.2, 0.25) is 0 Å². The summed E-state index contributed by atoms with van der Waals surface area (Å²) in [6.45, 7) is 5.46. The van der Waals surface area contributed by atoms with E-state index in [0.717, 1.165) is 13.0 Å². The molecule has 2 N–H and O–H groups in total. The fraction of sp³-hybridized carbons (Fsp3) is 0.348. The number of fused-ring (bicyclic) bond motifs is 1. The van der Waals surface area contributed by atoms with E-state index in [0.29, 0.717) is 49.5 Å². The Labute approximate surface area is 193 Å². The second kappa shape index (κ2) is 9.72. The van der Waals surface area contributed by atoms with Crippen molar-refractivity contribution < 1.29 is 18.0 Å². The minimum absolute atomic E-state index is 0.00246. The quantitative estimate of drug-likeness (QED) is 0.687. The predicted octanol–water partition coefficient (Wildman–Crippen LogP) is 1.53. The van der Waals surface area contributed by atoms with Crippen LogP contribution in [0.5, 0.6) is 0 Å². The van der Waals surface area contributed by atoms with Gasteiger partial charge < -0.3 is 15.5 Å². The molecule has 2 aromatic carbocycles. The molecule has 0 spiro atoms. The second-order valence-corrected chi connectivity index (χ2v) is 9.56. The summed E-state index contributed by atoms with van der Waals surface area (Å²) in [6.07, 6.45) is 0.804. The minimum atomic E-state index is -3.69. The Balaban J connectivity index is 1.39. The van der Waals surface area contributed by atoms with Crippen LogP contribution in [0.15, 0.2) is 57.8 Å². The Morgan fingerprint density at radius 1 is 1.00 bits per heavy atom. The summed E-state index contributed by atoms with van der Waals surface area (Å²) < 4.78 is 28.3. The largest absolute Gasteiger partial charge is 0.355 e. The maximum atomic E-state index is 13.0. The van der Waals surface area contributed by atoms with Gasteiger partial charge in [-0.15, -0.1) is 4.40 Å². The summed E-state index contributed by atoms with van der Waals surface area (Å²) in [5, 5.41) is 5.85. The molecule has 2 heterocycles. The Hall–Kier alpha value is -3.24. The van der Waals surface area contributed by atoms with Crippen LogP contribution in [0.25, 0.3) is 0 Å². The lowest BCUT2D eigenvalue weighted by Gasteiger charge is -2.22. The highest BCUT2D eigenvalue weighted by Crippen LogP contribution is 2.26. The van der Waals surface area contributed by atoms with Gasteiger partial charge in [0, 0.05) is 49.5 Å². The van der Waals surface area contributed by atoms with Crippen molar-refractivity contribution in [2.45, 2.75) is 18.2 Å². The number of amides is 2. The Morgan fingerprint density at radius 3 is 2.52 bits per heavy atom. The first kappa shape index (κ1) is 22.9. The molecular weight excluding hydrogens is 442 g/mol. The maximum Gasteiger partial charge on any atom is 0.285 e. The standard InChI is InChI=1S/C23H27N5O4S/c1-2-24-21(29)16-27-12-5-13-28(15-14-27)23(30)17-8-10-18(11-9-17)25-22-19-6-3-4-7-20(19)33(31,32)26-22/h3-4,6-11H,2,5,12-16H2,1H3,(H,24,29)(H,25,26). The molecule has 2 aliphatic heterocycles. The number of hydrogen-bond donors (Lipinski definition) is 2. The molecule has 10 heteroatoms. The lowest BCUT2D eigenvalue weighted by Crippen LogP contribution is -2.40. The zero-order chi connectivity index (χ0) is 23.4. The van der Waals surface area contributed by atoms with E-state index in [2.05, 4.69) is 19.9 Å². The van der Waals surface area contributed by atoms with E-state index in [-0.39, 0.29) is 22.5 Å². The van der Waals surface area contributed by atoms with Crippen LogP contribution in [0, 0.1) is 0 Å². The summed E-state index contributed by atoms with van der Waals surface area (Å²) in [5.74, 6) is 0.208. The van der Waals surface area contributed by atoms with E-state index in [1.807, 2.05) is 11.8 Å². The van der Waals surface area contributed by atoms with Gasteiger partial charge in [0.2, 0.25) is 5.91 Å². The number of likely N-dealkylation sites (N-methyl/N-ethyl adjacent to an activating group) is 1. The molecule has 9 nitrogen and oxygen atoms in total. The molecule has 0 aliphatic carbocycles. The van der Waals surface area contributed by atoms with Crippen LogP contribution in [-0.2, 0) is 14.8 Å². The number of carbonyl (C=O) groups is 2. The van der Waals surface area contributed by atoms with Gasteiger partial charge in [-0.3, -0.25) is 14.5 Å². The Morgan fingerprint density at radius 2 is 1.76 bits per heavy atom. The van der Waals surface area contributed by atoms with E-state index in [9.17, 15) is 18.0 Å². The second-order valence-electron chi connectivity index (χ2n) is 7.99. The number of hydrogen-bond acceptors (Lipinski definition) is 6. The molecule has 0 bridgehead atoms. The summed E-state index contributed by atoms with van der Waals surface area (Å²) in [6, 6.07) is 13.6. The topological polar surface area (TPSA) is 111 Å². The van der Waals surface area contributed by atoms with Crippen LogP contribution in [0.4, 0.5) is 5.69 Å². The van der Waals surface area contributed by atoms with Crippen LogP contribution in [0.3, 0.4) is 0 Å². The summed E-state index contributed by atoms with van der Waals surface area (Å²) >= 11 is 0. The van der Waals surface area contributed by atoms with Gasteiger partial charge in [-0.25, -0.2) is 0 Å². The van der Waals surface area contributed by atoms with Crippen molar-refractivity contribution in [2.24, 2.45) is 4.40 Å². The first-order chi connectivity index (χ1) is 15.9. The van der Waals surface area contributed by atoms with Gasteiger partial charge in [-0.05, 0) is 49.7 Å². The first-order valence-electron chi connectivity index (χ1n) is 11.0. The van der Waals surface area contributed by atoms with Gasteiger partial charge >= 0.3 is 0 Å². The lowest BCUT2D eigenvalue weighted by molar-refractivity contribution is -0.122. The van der Waals surface area contributed by atoms with Crippen molar-refractivity contribution >= 4 is 33.4 Å². The number of amidine groups is 1. The molecule has 33 heavy (non-hydrogen) atoms. The SMILES string of the molecule is CCNC(=O)CN1CCCN(C(=O)c2ccc(NC3=NS(=O)(=O)c4ccccc43)cc2)CC1. The summed E-state index contributed by atoms with van der Waals surface area (Å²) in [7, 11) is -3.69. The number of sulfonamides is 1. The van der Waals surface area contributed by atoms with E-state index in [1.165, 1.54) is 6.07 Å². The number of carbonyl (C=O) groups excluding carboxylic acids is 2. The number of rotatable bonds is 5. The van der Waals surface area contributed by atoms with Gasteiger partial charge in [0.05, 0.1) is 6.54 Å². The third-order valence-electron chi connectivity index (χ3n) is 5.64. The molecule has 1 fully saturated rings. The van der Waals surface area contributed by atoms with Crippen molar-refractivity contribution in [3.8, 4) is 0 Å². The van der Waals surface area contributed by atoms with Crippen molar-refractivity contribution in [3.05, 3.63) is 59.7 Å². The van der Waals surface area contributed by atoms with Gasteiger partial charge in [0.25, 0.3) is 15.9 Å². The number of benzene rings is 2. The Kier molecular flexibility index (Phi) is 6.75. The van der Waals surface area contributed by atoms with E-state index in [4.69, 9.17) is 0 Å². The van der Waals surface area contributed by atoms with Gasteiger partial charge in [0.1, 0.15) is 4.90 Å². The van der Waals surface area contributed by atoms with Crippen molar-refractivity contribution in [3.63, 3.8) is 0 Å². The van der Waals surface area contributed by atoms with Crippen molar-refractivity contribution in [2.75, 3.05) is 44.6 Å². The third-order valence-corrected chi connectivity index (χ3v) is 6.98. The lowest BCUT2D eigenvalue weighted by atomic mass is 10.1. The predicted molar refractivity (Wildman–Crippen MR) is 126 cm³/mol. The van der Waals surface area contributed by atoms with E-state index >= 15 is 0 Å². The maximum absolute atomic E-state index is 13.0. The molecule has 0 unspecified atom stereocenters. The highest BCUT2D eigenvalue weighted by molar-refractivity contribution is 7.90. The fourth-order valence-electron chi connectivity index (χ4n) is 4.00.